The first-order chi connectivity index (χ1) is 6.77. The summed E-state index contributed by atoms with van der Waals surface area (Å²) >= 11 is 0. The average molecular weight is 196 g/mol. The van der Waals surface area contributed by atoms with Crippen molar-refractivity contribution in [1.29, 1.82) is 0 Å². The number of hydrogen-bond donors (Lipinski definition) is 1. The summed E-state index contributed by atoms with van der Waals surface area (Å²) < 4.78 is 7.23. The van der Waals surface area contributed by atoms with Gasteiger partial charge in [-0.2, -0.15) is 5.10 Å². The van der Waals surface area contributed by atoms with Gasteiger partial charge in [-0.3, -0.25) is 4.79 Å². The molecule has 5 heteroatoms. The van der Waals surface area contributed by atoms with Crippen molar-refractivity contribution in [3.05, 3.63) is 11.8 Å². The Kier molecular flexibility index (Phi) is 2.39. The summed E-state index contributed by atoms with van der Waals surface area (Å²) in [5.41, 5.74) is 0.895. The van der Waals surface area contributed by atoms with E-state index in [0.29, 0.717) is 13.0 Å². The molecule has 0 amide bonds. The zero-order valence-corrected chi connectivity index (χ0v) is 7.77. The molecule has 0 spiro atoms. The van der Waals surface area contributed by atoms with Crippen molar-refractivity contribution in [1.82, 2.24) is 9.78 Å². The van der Waals surface area contributed by atoms with E-state index in [1.165, 1.54) is 0 Å². The molecule has 0 saturated carbocycles. The number of fused-ring (bicyclic) bond motifs is 1. The SMILES string of the molecule is O=C(O)CCc1cnn2c1OCCC2. The Morgan fingerprint density at radius 1 is 1.71 bits per heavy atom. The maximum absolute atomic E-state index is 10.4. The molecule has 2 rings (SSSR count). The van der Waals surface area contributed by atoms with Gasteiger partial charge in [-0.15, -0.1) is 0 Å². The molecule has 14 heavy (non-hydrogen) atoms. The summed E-state index contributed by atoms with van der Waals surface area (Å²) in [6.45, 7) is 1.56. The zero-order valence-electron chi connectivity index (χ0n) is 7.77. The molecule has 0 bridgehead atoms. The van der Waals surface area contributed by atoms with Crippen molar-refractivity contribution in [2.45, 2.75) is 25.8 Å². The van der Waals surface area contributed by atoms with E-state index in [4.69, 9.17) is 9.84 Å². The van der Waals surface area contributed by atoms with Crippen LogP contribution in [0.1, 0.15) is 18.4 Å². The fourth-order valence-corrected chi connectivity index (χ4v) is 1.54. The van der Waals surface area contributed by atoms with Crippen LogP contribution in [0.2, 0.25) is 0 Å². The smallest absolute Gasteiger partial charge is 0.303 e. The summed E-state index contributed by atoms with van der Waals surface area (Å²) in [5.74, 6) is -0.0433. The van der Waals surface area contributed by atoms with Crippen LogP contribution >= 0.6 is 0 Å². The molecule has 76 valence electrons. The van der Waals surface area contributed by atoms with Gasteiger partial charge in [0.25, 0.3) is 0 Å². The summed E-state index contributed by atoms with van der Waals surface area (Å²) in [6, 6.07) is 0. The van der Waals surface area contributed by atoms with Gasteiger partial charge in [0.2, 0.25) is 5.88 Å². The van der Waals surface area contributed by atoms with Crippen LogP contribution in [0.5, 0.6) is 5.88 Å². The second-order valence-electron chi connectivity index (χ2n) is 3.29. The third-order valence-electron chi connectivity index (χ3n) is 2.22. The largest absolute Gasteiger partial charge is 0.481 e. The zero-order chi connectivity index (χ0) is 9.97. The lowest BCUT2D eigenvalue weighted by Gasteiger charge is -2.15. The van der Waals surface area contributed by atoms with Crippen LogP contribution in [-0.2, 0) is 17.8 Å². The highest BCUT2D eigenvalue weighted by molar-refractivity contribution is 5.67. The molecule has 5 nitrogen and oxygen atoms in total. The Morgan fingerprint density at radius 3 is 3.36 bits per heavy atom. The van der Waals surface area contributed by atoms with Gasteiger partial charge in [-0.05, 0) is 6.42 Å². The van der Waals surface area contributed by atoms with E-state index in [9.17, 15) is 4.79 Å². The predicted molar refractivity (Wildman–Crippen MR) is 48.3 cm³/mol. The number of aliphatic carboxylic acids is 1. The van der Waals surface area contributed by atoms with Crippen LogP contribution in [-0.4, -0.2) is 27.5 Å². The van der Waals surface area contributed by atoms with Gasteiger partial charge < -0.3 is 9.84 Å². The van der Waals surface area contributed by atoms with Gasteiger partial charge in [0.05, 0.1) is 12.8 Å². The number of rotatable bonds is 3. The normalized spacial score (nSPS) is 14.6. The first-order valence-electron chi connectivity index (χ1n) is 4.66. The van der Waals surface area contributed by atoms with E-state index in [2.05, 4.69) is 5.10 Å². The standard InChI is InChI=1S/C9H12N2O3/c12-8(13)3-2-7-6-10-11-4-1-5-14-9(7)11/h6H,1-5H2,(H,12,13). The molecule has 1 aliphatic rings. The number of nitrogens with zero attached hydrogens (tertiary/aromatic N) is 2. The second-order valence-corrected chi connectivity index (χ2v) is 3.29. The molecule has 1 aromatic heterocycles. The van der Waals surface area contributed by atoms with Gasteiger partial charge in [0.1, 0.15) is 0 Å². The molecule has 1 aromatic rings. The monoisotopic (exact) mass is 196 g/mol. The molecular weight excluding hydrogens is 184 g/mol. The van der Waals surface area contributed by atoms with Crippen molar-refractivity contribution >= 4 is 5.97 Å². The lowest BCUT2D eigenvalue weighted by Crippen LogP contribution is -2.15. The number of aryl methyl sites for hydroxylation is 2. The van der Waals surface area contributed by atoms with Crippen molar-refractivity contribution in [3.8, 4) is 5.88 Å². The van der Waals surface area contributed by atoms with E-state index in [1.54, 1.807) is 10.9 Å². The van der Waals surface area contributed by atoms with Crippen LogP contribution in [0.4, 0.5) is 0 Å². The van der Waals surface area contributed by atoms with E-state index < -0.39 is 5.97 Å². The van der Waals surface area contributed by atoms with Gasteiger partial charge in [0, 0.05) is 24.9 Å². The van der Waals surface area contributed by atoms with Crippen molar-refractivity contribution in [2.24, 2.45) is 0 Å². The van der Waals surface area contributed by atoms with Gasteiger partial charge in [-0.25, -0.2) is 4.68 Å². The van der Waals surface area contributed by atoms with Crippen molar-refractivity contribution in [3.63, 3.8) is 0 Å². The highest BCUT2D eigenvalue weighted by atomic mass is 16.5. The summed E-state index contributed by atoms with van der Waals surface area (Å²) in [7, 11) is 0. The summed E-state index contributed by atoms with van der Waals surface area (Å²) in [5, 5.41) is 12.7. The minimum atomic E-state index is -0.791. The van der Waals surface area contributed by atoms with Crippen molar-refractivity contribution < 1.29 is 14.6 Å². The molecule has 0 aliphatic carbocycles. The lowest BCUT2D eigenvalue weighted by molar-refractivity contribution is -0.136. The summed E-state index contributed by atoms with van der Waals surface area (Å²) in [4.78, 5) is 10.4. The number of aromatic nitrogens is 2. The van der Waals surface area contributed by atoms with Crippen molar-refractivity contribution in [2.75, 3.05) is 6.61 Å². The second kappa shape index (κ2) is 3.69. The Morgan fingerprint density at radius 2 is 2.57 bits per heavy atom. The van der Waals surface area contributed by atoms with E-state index in [0.717, 1.165) is 24.4 Å². The van der Waals surface area contributed by atoms with Crippen LogP contribution in [0, 0.1) is 0 Å². The van der Waals surface area contributed by atoms with Crippen LogP contribution in [0.15, 0.2) is 6.20 Å². The lowest BCUT2D eigenvalue weighted by atomic mass is 10.2. The van der Waals surface area contributed by atoms with Gasteiger partial charge in [-0.1, -0.05) is 0 Å². The van der Waals surface area contributed by atoms with E-state index in [1.807, 2.05) is 0 Å². The Bertz CT molecular complexity index is 346. The highest BCUT2D eigenvalue weighted by Crippen LogP contribution is 2.23. The maximum atomic E-state index is 10.4. The molecule has 0 unspecified atom stereocenters. The molecule has 2 heterocycles. The topological polar surface area (TPSA) is 64.3 Å². The number of ether oxygens (including phenoxy) is 1. The Hall–Kier alpha value is -1.52. The van der Waals surface area contributed by atoms with E-state index >= 15 is 0 Å². The molecular formula is C9H12N2O3. The molecule has 0 fully saturated rings. The fraction of sp³-hybridized carbons (Fsp3) is 0.556. The third kappa shape index (κ3) is 1.71. The average Bonchev–Trinajstić information content (AvgIpc) is 2.58. The first-order valence-corrected chi connectivity index (χ1v) is 4.66. The van der Waals surface area contributed by atoms with Crippen LogP contribution < -0.4 is 4.74 Å². The third-order valence-corrected chi connectivity index (χ3v) is 2.22. The Labute approximate surface area is 81.3 Å². The van der Waals surface area contributed by atoms with E-state index in [-0.39, 0.29) is 6.42 Å². The molecule has 0 atom stereocenters. The minimum absolute atomic E-state index is 0.127. The molecule has 0 radical (unpaired) electrons. The number of carboxylic acid groups (broad SMARTS) is 1. The maximum Gasteiger partial charge on any atom is 0.303 e. The highest BCUT2D eigenvalue weighted by Gasteiger charge is 2.16. The molecule has 1 N–H and O–H groups in total. The number of carboxylic acids is 1. The summed E-state index contributed by atoms with van der Waals surface area (Å²) in [6.07, 6.45) is 3.28. The molecule has 1 aliphatic heterocycles. The molecule has 0 saturated heterocycles. The fourth-order valence-electron chi connectivity index (χ4n) is 1.54. The number of carbonyl (C=O) groups is 1. The quantitative estimate of drug-likeness (QED) is 0.772. The number of hydrogen-bond acceptors (Lipinski definition) is 3. The minimum Gasteiger partial charge on any atom is -0.481 e. The predicted octanol–water partition coefficient (Wildman–Crippen LogP) is 0.683. The Balaban J connectivity index is 2.10. The van der Waals surface area contributed by atoms with Crippen LogP contribution in [0.3, 0.4) is 0 Å². The molecule has 0 aromatic carbocycles. The van der Waals surface area contributed by atoms with Crippen LogP contribution in [0.25, 0.3) is 0 Å². The van der Waals surface area contributed by atoms with Gasteiger partial charge in [0.15, 0.2) is 0 Å². The van der Waals surface area contributed by atoms with Gasteiger partial charge >= 0.3 is 5.97 Å². The first kappa shape index (κ1) is 9.05.